The Kier molecular flexibility index (Phi) is 28.9. The fourth-order valence-electron chi connectivity index (χ4n) is 6.95. The van der Waals surface area contributed by atoms with Crippen molar-refractivity contribution in [3.8, 4) is 0 Å². The summed E-state index contributed by atoms with van der Waals surface area (Å²) in [6.07, 6.45) is -5.40. The zero-order valence-corrected chi connectivity index (χ0v) is 40.7. The molecule has 410 valence electrons. The highest BCUT2D eigenvalue weighted by Gasteiger charge is 2.37. The topological polar surface area (TPSA) is 475 Å². The molecule has 0 aromatic rings. The maximum Gasteiger partial charge on any atom is 0.303 e. The summed E-state index contributed by atoms with van der Waals surface area (Å²) >= 11 is 0. The highest BCUT2D eigenvalue weighted by molar-refractivity contribution is 5.97. The molecule has 1 saturated heterocycles. The van der Waals surface area contributed by atoms with Crippen LogP contribution in [0.25, 0.3) is 0 Å². The molecule has 15 N–H and O–H groups in total. The van der Waals surface area contributed by atoms with E-state index >= 15 is 0 Å². The second-order valence-electron chi connectivity index (χ2n) is 17.2. The van der Waals surface area contributed by atoms with Crippen molar-refractivity contribution in [3.63, 3.8) is 0 Å². The molecule has 1 fully saturated rings. The molecule has 73 heavy (non-hydrogen) atoms. The normalized spacial score (nSPS) is 15.4. The molecule has 30 heteroatoms. The third-order valence-corrected chi connectivity index (χ3v) is 10.8. The van der Waals surface area contributed by atoms with Crippen LogP contribution in [0.2, 0.25) is 0 Å². The van der Waals surface area contributed by atoms with Gasteiger partial charge in [0.2, 0.25) is 53.2 Å². The molecule has 0 unspecified atom stereocenters. The quantitative estimate of drug-likeness (QED) is 0.0262. The number of carbonyl (C=O) groups excluding carboxylic acids is 9. The standard InChI is InChI=1S/C43H68N10O20/c1-22(2)19-28(39(68)47-20-30(54)45-3)52-43(72)29-5-4-17-53(29)31(55)21-73-18-16-46-38(67)24(7-12-33(58)59)49-41(70)26(9-14-35(62)63)51-42(71)27(10-15-36(64)65)50-40(69)25(8-13-34(60)61)48-37(66)23(44)6-11-32(56)57/h22-29H,4-21,44H2,1-3H3,(H,45,54)(H,46,67)(H,47,68)(H,48,66)(H,49,70)(H,50,69)(H,51,71)(H,52,72)(H,56,57)(H,58,59)(H,60,61)(H,62,63)(H,64,65)/t23-,24-,25-,26-,27-,28+,29+/m1/s1. The van der Waals surface area contributed by atoms with Crippen LogP contribution in [0.1, 0.15) is 97.3 Å². The Bertz CT molecular complexity index is 2000. The molecule has 0 radical (unpaired) electrons. The third-order valence-electron chi connectivity index (χ3n) is 10.8. The number of carboxylic acids is 5. The predicted molar refractivity (Wildman–Crippen MR) is 247 cm³/mol. The number of nitrogens with two attached hydrogens (primary N) is 1. The zero-order chi connectivity index (χ0) is 55.4. The molecule has 0 spiro atoms. The lowest BCUT2D eigenvalue weighted by Crippen LogP contribution is -2.59. The maximum absolute atomic E-state index is 13.6. The van der Waals surface area contributed by atoms with Crippen molar-refractivity contribution < 1.29 is 97.4 Å². The summed E-state index contributed by atoms with van der Waals surface area (Å²) in [5.74, 6) is -15.1. The fraction of sp³-hybridized carbons (Fsp3) is 0.674. The van der Waals surface area contributed by atoms with E-state index in [9.17, 15) is 87.5 Å². The minimum absolute atomic E-state index is 0.0272. The molecule has 9 amide bonds. The summed E-state index contributed by atoms with van der Waals surface area (Å²) in [5, 5.41) is 64.9. The average Bonchev–Trinajstić information content (AvgIpc) is 3.82. The third kappa shape index (κ3) is 26.0. The number of ether oxygens (including phenoxy) is 1. The summed E-state index contributed by atoms with van der Waals surface area (Å²) in [5.41, 5.74) is 5.71. The van der Waals surface area contributed by atoms with Crippen molar-refractivity contribution in [2.24, 2.45) is 11.7 Å². The van der Waals surface area contributed by atoms with Gasteiger partial charge in [0.1, 0.15) is 42.9 Å². The van der Waals surface area contributed by atoms with Gasteiger partial charge in [0.15, 0.2) is 0 Å². The number of rotatable bonds is 36. The molecule has 0 bridgehead atoms. The van der Waals surface area contributed by atoms with Crippen molar-refractivity contribution in [2.45, 2.75) is 140 Å². The van der Waals surface area contributed by atoms with E-state index in [1.165, 1.54) is 11.9 Å². The van der Waals surface area contributed by atoms with Gasteiger partial charge in [-0.15, -0.1) is 0 Å². The Labute approximate surface area is 418 Å². The summed E-state index contributed by atoms with van der Waals surface area (Å²) < 4.78 is 5.43. The molecule has 1 aliphatic heterocycles. The number of amides is 9. The zero-order valence-electron chi connectivity index (χ0n) is 40.7. The van der Waals surface area contributed by atoms with Crippen molar-refractivity contribution in [1.82, 2.24) is 47.4 Å². The summed E-state index contributed by atoms with van der Waals surface area (Å²) in [7, 11) is 1.39. The number of hydrogen-bond donors (Lipinski definition) is 14. The highest BCUT2D eigenvalue weighted by Crippen LogP contribution is 2.19. The number of carbonyl (C=O) groups is 14. The van der Waals surface area contributed by atoms with Gasteiger partial charge in [-0.25, -0.2) is 0 Å². The van der Waals surface area contributed by atoms with Gasteiger partial charge < -0.3 is 83.4 Å². The van der Waals surface area contributed by atoms with Gasteiger partial charge in [-0.05, 0) is 57.3 Å². The van der Waals surface area contributed by atoms with Gasteiger partial charge in [-0.2, -0.15) is 0 Å². The SMILES string of the molecule is CNC(=O)CNC(=O)[C@H](CC(C)C)NC(=O)[C@@H]1CCCN1C(=O)COCCNC(=O)[C@@H](CCC(=O)O)NC(=O)[C@@H](CCC(=O)O)NC(=O)[C@@H](CCC(=O)O)NC(=O)[C@@H](CCC(=O)O)NC(=O)[C@H](N)CCC(=O)O. The van der Waals surface area contributed by atoms with E-state index in [0.29, 0.717) is 6.42 Å². The first-order valence-corrected chi connectivity index (χ1v) is 23.3. The van der Waals surface area contributed by atoms with E-state index in [0.717, 1.165) is 0 Å². The van der Waals surface area contributed by atoms with Gasteiger partial charge in [-0.1, -0.05) is 13.8 Å². The van der Waals surface area contributed by atoms with E-state index in [-0.39, 0.29) is 51.4 Å². The van der Waals surface area contributed by atoms with Gasteiger partial charge in [0.25, 0.3) is 0 Å². The molecule has 0 aromatic carbocycles. The number of nitrogens with one attached hydrogen (secondary N) is 8. The van der Waals surface area contributed by atoms with Crippen LogP contribution in [0.15, 0.2) is 0 Å². The van der Waals surface area contributed by atoms with E-state index < -0.39 is 190 Å². The number of aliphatic carboxylic acids is 5. The molecular weight excluding hydrogens is 977 g/mol. The van der Waals surface area contributed by atoms with E-state index in [2.05, 4.69) is 42.5 Å². The predicted octanol–water partition coefficient (Wildman–Crippen LogP) is -4.91. The maximum atomic E-state index is 13.6. The highest BCUT2D eigenvalue weighted by atomic mass is 16.5. The smallest absolute Gasteiger partial charge is 0.303 e. The second kappa shape index (κ2) is 33.2. The molecule has 7 atom stereocenters. The van der Waals surface area contributed by atoms with Crippen LogP contribution in [0.5, 0.6) is 0 Å². The monoisotopic (exact) mass is 1040 g/mol. The Morgan fingerprint density at radius 1 is 0.562 bits per heavy atom. The lowest BCUT2D eigenvalue weighted by molar-refractivity contribution is -0.142. The molecule has 1 aliphatic rings. The van der Waals surface area contributed by atoms with Gasteiger partial charge in [-0.3, -0.25) is 67.1 Å². The van der Waals surface area contributed by atoms with Crippen molar-refractivity contribution in [1.29, 1.82) is 0 Å². The lowest BCUT2D eigenvalue weighted by Gasteiger charge is -2.27. The number of nitrogens with zero attached hydrogens (tertiary/aromatic N) is 1. The van der Waals surface area contributed by atoms with Crippen molar-refractivity contribution >= 4 is 83.0 Å². The van der Waals surface area contributed by atoms with Crippen LogP contribution < -0.4 is 48.3 Å². The molecular formula is C43H68N10O20. The number of likely N-dealkylation sites (tertiary alicyclic amines) is 1. The van der Waals surface area contributed by atoms with Crippen LogP contribution >= 0.6 is 0 Å². The van der Waals surface area contributed by atoms with Crippen molar-refractivity contribution in [3.05, 3.63) is 0 Å². The molecule has 0 aromatic heterocycles. The minimum Gasteiger partial charge on any atom is -0.481 e. The summed E-state index contributed by atoms with van der Waals surface area (Å²) in [6, 6.07) is -10.5. The Morgan fingerprint density at radius 3 is 1.40 bits per heavy atom. The average molecular weight is 1050 g/mol. The van der Waals surface area contributed by atoms with Gasteiger partial charge in [0.05, 0.1) is 19.2 Å². The van der Waals surface area contributed by atoms with Crippen LogP contribution in [0.3, 0.4) is 0 Å². The van der Waals surface area contributed by atoms with Crippen LogP contribution in [-0.2, 0) is 71.9 Å². The Balaban J connectivity index is 3.12. The first kappa shape index (κ1) is 63.5. The summed E-state index contributed by atoms with van der Waals surface area (Å²) in [4.78, 5) is 176. The molecule has 1 rings (SSSR count). The van der Waals surface area contributed by atoms with Crippen LogP contribution in [0, 0.1) is 5.92 Å². The van der Waals surface area contributed by atoms with E-state index in [4.69, 9.17) is 15.6 Å². The second-order valence-corrected chi connectivity index (χ2v) is 17.2. The first-order chi connectivity index (χ1) is 34.2. The first-order valence-electron chi connectivity index (χ1n) is 23.3. The van der Waals surface area contributed by atoms with Crippen molar-refractivity contribution in [2.75, 3.05) is 39.9 Å². The molecule has 1 heterocycles. The Morgan fingerprint density at radius 2 is 0.973 bits per heavy atom. The Hall–Kier alpha value is -7.50. The summed E-state index contributed by atoms with van der Waals surface area (Å²) in [6.45, 7) is 2.35. The minimum atomic E-state index is -1.84. The number of likely N-dealkylation sites (N-methyl/N-ethyl adjacent to an activating group) is 1. The lowest BCUT2D eigenvalue weighted by atomic mass is 10.0. The van der Waals surface area contributed by atoms with E-state index in [1.807, 2.05) is 13.8 Å². The molecule has 0 aliphatic carbocycles. The fourth-order valence-corrected chi connectivity index (χ4v) is 6.95. The van der Waals surface area contributed by atoms with E-state index in [1.54, 1.807) is 0 Å². The van der Waals surface area contributed by atoms with Crippen LogP contribution in [-0.4, -0.2) is 196 Å². The van der Waals surface area contributed by atoms with Gasteiger partial charge >= 0.3 is 29.8 Å². The largest absolute Gasteiger partial charge is 0.481 e. The van der Waals surface area contributed by atoms with Gasteiger partial charge in [0, 0.05) is 52.2 Å². The molecule has 30 nitrogen and oxygen atoms in total. The number of hydrogen-bond acceptors (Lipinski definition) is 16. The van der Waals surface area contributed by atoms with Crippen LogP contribution in [0.4, 0.5) is 0 Å². The molecule has 0 saturated carbocycles. The number of carboxylic acid groups (broad SMARTS) is 5.